The van der Waals surface area contributed by atoms with Gasteiger partial charge in [-0.25, -0.2) is 0 Å². The van der Waals surface area contributed by atoms with Crippen LogP contribution in [0.3, 0.4) is 0 Å². The van der Waals surface area contributed by atoms with Gasteiger partial charge in [-0.05, 0) is 41.6 Å². The SMILES string of the molecule is C1=Cc2c(c3cc(OCc4ccccc4)ccc3n2Cc2ccccc2)CN1. The van der Waals surface area contributed by atoms with Crippen molar-refractivity contribution in [2.45, 2.75) is 19.7 Å². The Balaban J connectivity index is 1.51. The molecule has 0 spiro atoms. The molecule has 1 aromatic heterocycles. The zero-order valence-electron chi connectivity index (χ0n) is 15.6. The summed E-state index contributed by atoms with van der Waals surface area (Å²) in [5.41, 5.74) is 6.33. The van der Waals surface area contributed by atoms with Crippen molar-refractivity contribution >= 4 is 17.0 Å². The summed E-state index contributed by atoms with van der Waals surface area (Å²) >= 11 is 0. The van der Waals surface area contributed by atoms with E-state index in [4.69, 9.17) is 4.74 Å². The van der Waals surface area contributed by atoms with Gasteiger partial charge in [0.1, 0.15) is 12.4 Å². The van der Waals surface area contributed by atoms with Gasteiger partial charge in [-0.15, -0.1) is 0 Å². The molecule has 0 saturated carbocycles. The first-order valence-corrected chi connectivity index (χ1v) is 9.64. The molecule has 0 unspecified atom stereocenters. The predicted molar refractivity (Wildman–Crippen MR) is 114 cm³/mol. The number of ether oxygens (including phenoxy) is 1. The molecule has 0 radical (unpaired) electrons. The standard InChI is InChI=1S/C25H22N2O/c1-3-7-19(8-4-1)17-27-24-12-11-21(28-18-20-9-5-2-6-10-20)15-22(24)23-16-26-14-13-25(23)27/h1-15,26H,16-18H2. The monoisotopic (exact) mass is 366 g/mol. The molecule has 0 bridgehead atoms. The van der Waals surface area contributed by atoms with Crippen molar-refractivity contribution in [1.29, 1.82) is 0 Å². The van der Waals surface area contributed by atoms with Crippen LogP contribution in [0.2, 0.25) is 0 Å². The van der Waals surface area contributed by atoms with Crippen molar-refractivity contribution in [3.63, 3.8) is 0 Å². The Morgan fingerprint density at radius 3 is 2.39 bits per heavy atom. The fourth-order valence-corrected chi connectivity index (χ4v) is 3.87. The number of fused-ring (bicyclic) bond motifs is 3. The second kappa shape index (κ2) is 7.28. The third-order valence-corrected chi connectivity index (χ3v) is 5.25. The maximum absolute atomic E-state index is 6.07. The van der Waals surface area contributed by atoms with Crippen molar-refractivity contribution in [3.8, 4) is 5.75 Å². The lowest BCUT2D eigenvalue weighted by atomic mass is 10.1. The first kappa shape index (κ1) is 16.7. The molecule has 2 heterocycles. The first-order valence-electron chi connectivity index (χ1n) is 9.64. The normalized spacial score (nSPS) is 12.6. The number of benzene rings is 3. The molecule has 1 N–H and O–H groups in total. The number of rotatable bonds is 5. The molecular formula is C25H22N2O. The lowest BCUT2D eigenvalue weighted by Gasteiger charge is -2.12. The minimum atomic E-state index is 0.581. The highest BCUT2D eigenvalue weighted by molar-refractivity contribution is 5.90. The molecule has 3 nitrogen and oxygen atoms in total. The number of hydrogen-bond acceptors (Lipinski definition) is 2. The zero-order valence-corrected chi connectivity index (χ0v) is 15.6. The van der Waals surface area contributed by atoms with Crippen LogP contribution in [0, 0.1) is 0 Å². The van der Waals surface area contributed by atoms with E-state index in [2.05, 4.69) is 76.6 Å². The van der Waals surface area contributed by atoms with Gasteiger partial charge < -0.3 is 14.6 Å². The fourth-order valence-electron chi connectivity index (χ4n) is 3.87. The highest BCUT2D eigenvalue weighted by Gasteiger charge is 2.18. The predicted octanol–water partition coefficient (Wildman–Crippen LogP) is 5.34. The van der Waals surface area contributed by atoms with E-state index in [-0.39, 0.29) is 0 Å². The summed E-state index contributed by atoms with van der Waals surface area (Å²) in [6, 6.07) is 27.3. The van der Waals surface area contributed by atoms with E-state index in [0.29, 0.717) is 6.61 Å². The Kier molecular flexibility index (Phi) is 4.34. The van der Waals surface area contributed by atoms with Gasteiger partial charge in [0.25, 0.3) is 0 Å². The van der Waals surface area contributed by atoms with Crippen LogP contribution >= 0.6 is 0 Å². The van der Waals surface area contributed by atoms with Gasteiger partial charge in [0.2, 0.25) is 0 Å². The van der Waals surface area contributed by atoms with Crippen LogP contribution in [-0.2, 0) is 19.7 Å². The summed E-state index contributed by atoms with van der Waals surface area (Å²) < 4.78 is 8.47. The number of aromatic nitrogens is 1. The fraction of sp³-hybridized carbons (Fsp3) is 0.120. The Morgan fingerprint density at radius 2 is 1.61 bits per heavy atom. The molecule has 0 amide bonds. The van der Waals surface area contributed by atoms with Crippen LogP contribution in [0.4, 0.5) is 0 Å². The average Bonchev–Trinajstić information content (AvgIpc) is 3.07. The molecule has 3 aromatic carbocycles. The van der Waals surface area contributed by atoms with Crippen LogP contribution < -0.4 is 10.1 Å². The highest BCUT2D eigenvalue weighted by atomic mass is 16.5. The largest absolute Gasteiger partial charge is 0.489 e. The van der Waals surface area contributed by atoms with Crippen LogP contribution in [-0.4, -0.2) is 4.57 Å². The molecule has 4 aromatic rings. The van der Waals surface area contributed by atoms with Gasteiger partial charge in [-0.3, -0.25) is 0 Å². The van der Waals surface area contributed by atoms with Crippen molar-refractivity contribution in [3.05, 3.63) is 107 Å². The Hall–Kier alpha value is -3.46. The van der Waals surface area contributed by atoms with Gasteiger partial charge in [-0.2, -0.15) is 0 Å². The first-order chi connectivity index (χ1) is 13.9. The van der Waals surface area contributed by atoms with Gasteiger partial charge in [0, 0.05) is 35.2 Å². The molecule has 0 fully saturated rings. The highest BCUT2D eigenvalue weighted by Crippen LogP contribution is 2.32. The Labute approximate surface area is 164 Å². The summed E-state index contributed by atoms with van der Waals surface area (Å²) in [7, 11) is 0. The molecule has 138 valence electrons. The molecule has 3 heteroatoms. The van der Waals surface area contributed by atoms with Gasteiger partial charge in [0.05, 0.1) is 0 Å². The number of hydrogen-bond donors (Lipinski definition) is 1. The third-order valence-electron chi connectivity index (χ3n) is 5.25. The molecule has 0 aliphatic carbocycles. The second-order valence-corrected chi connectivity index (χ2v) is 7.10. The minimum absolute atomic E-state index is 0.581. The van der Waals surface area contributed by atoms with Crippen LogP contribution in [0.1, 0.15) is 22.4 Å². The smallest absolute Gasteiger partial charge is 0.120 e. The van der Waals surface area contributed by atoms with Crippen LogP contribution in [0.15, 0.2) is 85.1 Å². The van der Waals surface area contributed by atoms with Crippen molar-refractivity contribution in [2.75, 3.05) is 0 Å². The summed E-state index contributed by atoms with van der Waals surface area (Å²) in [6.07, 6.45) is 4.21. The van der Waals surface area contributed by atoms with E-state index in [1.165, 1.54) is 33.3 Å². The number of nitrogens with one attached hydrogen (secondary N) is 1. The third kappa shape index (κ3) is 3.16. The Morgan fingerprint density at radius 1 is 0.857 bits per heavy atom. The minimum Gasteiger partial charge on any atom is -0.489 e. The zero-order chi connectivity index (χ0) is 18.8. The van der Waals surface area contributed by atoms with Crippen LogP contribution in [0.25, 0.3) is 17.0 Å². The number of nitrogens with zero attached hydrogens (tertiary/aromatic N) is 1. The second-order valence-electron chi connectivity index (χ2n) is 7.10. The molecule has 1 aliphatic rings. The van der Waals surface area contributed by atoms with Gasteiger partial charge in [-0.1, -0.05) is 60.7 Å². The topological polar surface area (TPSA) is 26.2 Å². The molecule has 0 atom stereocenters. The van der Waals surface area contributed by atoms with Gasteiger partial charge >= 0.3 is 0 Å². The maximum Gasteiger partial charge on any atom is 0.120 e. The molecule has 0 saturated heterocycles. The lowest BCUT2D eigenvalue weighted by molar-refractivity contribution is 0.306. The van der Waals surface area contributed by atoms with Crippen molar-refractivity contribution in [2.24, 2.45) is 0 Å². The quantitative estimate of drug-likeness (QED) is 0.516. The molecule has 1 aliphatic heterocycles. The van der Waals surface area contributed by atoms with E-state index in [9.17, 15) is 0 Å². The molecule has 5 rings (SSSR count). The average molecular weight is 366 g/mol. The maximum atomic E-state index is 6.07. The summed E-state index contributed by atoms with van der Waals surface area (Å²) in [5.74, 6) is 0.908. The molecular weight excluding hydrogens is 344 g/mol. The van der Waals surface area contributed by atoms with Crippen LogP contribution in [0.5, 0.6) is 5.75 Å². The van der Waals surface area contributed by atoms with Gasteiger partial charge in [0.15, 0.2) is 0 Å². The Bertz CT molecular complexity index is 1130. The van der Waals surface area contributed by atoms with Crippen molar-refractivity contribution < 1.29 is 4.74 Å². The van der Waals surface area contributed by atoms with E-state index in [1.807, 2.05) is 24.4 Å². The molecule has 28 heavy (non-hydrogen) atoms. The summed E-state index contributed by atoms with van der Waals surface area (Å²) in [6.45, 7) is 2.28. The summed E-state index contributed by atoms with van der Waals surface area (Å²) in [5, 5.41) is 4.61. The van der Waals surface area contributed by atoms with E-state index in [0.717, 1.165) is 18.8 Å². The summed E-state index contributed by atoms with van der Waals surface area (Å²) in [4.78, 5) is 0. The lowest BCUT2D eigenvalue weighted by Crippen LogP contribution is -2.11. The van der Waals surface area contributed by atoms with E-state index >= 15 is 0 Å². The van der Waals surface area contributed by atoms with E-state index in [1.54, 1.807) is 0 Å². The van der Waals surface area contributed by atoms with E-state index < -0.39 is 0 Å². The van der Waals surface area contributed by atoms with Crippen molar-refractivity contribution in [1.82, 2.24) is 9.88 Å².